The highest BCUT2D eigenvalue weighted by Crippen LogP contribution is 2.70. The molecule has 5 aromatic carbocycles. The molecule has 1 fully saturated rings. The number of carbonyl (C=O) groups is 5. The Labute approximate surface area is 330 Å². The van der Waals surface area contributed by atoms with Crippen molar-refractivity contribution in [1.82, 2.24) is 4.90 Å². The zero-order valence-electron chi connectivity index (χ0n) is 28.6. The first kappa shape index (κ1) is 36.2. The number of benzene rings is 5. The molecule has 1 saturated heterocycles. The summed E-state index contributed by atoms with van der Waals surface area (Å²) in [6.45, 7) is -0.684. The second-order valence-corrected chi connectivity index (χ2v) is 16.0. The number of imide groups is 1. The lowest BCUT2D eigenvalue weighted by Gasteiger charge is -2.55. The van der Waals surface area contributed by atoms with Crippen LogP contribution >= 0.6 is 31.9 Å². The summed E-state index contributed by atoms with van der Waals surface area (Å²) in [7, 11) is 0. The van der Waals surface area contributed by atoms with E-state index in [1.165, 1.54) is 48.5 Å². The first-order valence-electron chi connectivity index (χ1n) is 17.2. The molecule has 13 heteroatoms. The number of nitro benzene ring substituents is 1. The van der Waals surface area contributed by atoms with Gasteiger partial charge in [-0.1, -0.05) is 111 Å². The van der Waals surface area contributed by atoms with Crippen LogP contribution in [0.25, 0.3) is 0 Å². The minimum atomic E-state index is -1.38. The number of non-ortho nitro benzene ring substituents is 1. The average Bonchev–Trinajstić information content (AvgIpc) is 3.48. The Balaban J connectivity index is 1.03. The third-order valence-electron chi connectivity index (χ3n) is 10.5. The number of nitrogens with zero attached hydrogens (tertiary/aromatic N) is 2. The van der Waals surface area contributed by atoms with E-state index in [2.05, 4.69) is 31.9 Å². The van der Waals surface area contributed by atoms with Gasteiger partial charge in [-0.3, -0.25) is 29.4 Å². The number of ketones is 1. The van der Waals surface area contributed by atoms with Gasteiger partial charge in [-0.25, -0.2) is 9.59 Å². The van der Waals surface area contributed by atoms with Crippen LogP contribution in [-0.2, 0) is 34.2 Å². The Morgan fingerprint density at radius 3 is 1.65 bits per heavy atom. The molecule has 3 atom stereocenters. The number of carbonyl (C=O) groups excluding carboxylic acids is 5. The summed E-state index contributed by atoms with van der Waals surface area (Å²) in [5.41, 5.74) is 4.18. The molecule has 0 spiro atoms. The van der Waals surface area contributed by atoms with Gasteiger partial charge in [-0.05, 0) is 64.2 Å². The Morgan fingerprint density at radius 2 is 1.16 bits per heavy atom. The van der Waals surface area contributed by atoms with E-state index in [0.29, 0.717) is 5.56 Å². The predicted molar refractivity (Wildman–Crippen MR) is 205 cm³/mol. The van der Waals surface area contributed by atoms with Crippen LogP contribution in [0, 0.1) is 22.0 Å². The van der Waals surface area contributed by atoms with Gasteiger partial charge in [0.2, 0.25) is 11.8 Å². The first-order valence-corrected chi connectivity index (χ1v) is 18.8. The summed E-state index contributed by atoms with van der Waals surface area (Å²) in [4.78, 5) is 80.7. The lowest BCUT2D eigenvalue weighted by molar-refractivity contribution is -0.384. The van der Waals surface area contributed by atoms with Crippen molar-refractivity contribution in [2.75, 3.05) is 6.61 Å². The molecule has 3 unspecified atom stereocenters. The van der Waals surface area contributed by atoms with E-state index in [-0.39, 0.29) is 29.0 Å². The number of halogens is 2. The molecule has 55 heavy (non-hydrogen) atoms. The summed E-state index contributed by atoms with van der Waals surface area (Å²) >= 11 is 7.98. The summed E-state index contributed by atoms with van der Waals surface area (Å²) in [6.07, 6.45) is -0.0376. The number of Topliss-reactive ketones (excluding diaryl/α,β-unsaturated/α-hetero) is 1. The second kappa shape index (κ2) is 13.8. The zero-order valence-corrected chi connectivity index (χ0v) is 31.8. The van der Waals surface area contributed by atoms with Gasteiger partial charge in [0, 0.05) is 24.1 Å². The van der Waals surface area contributed by atoms with Gasteiger partial charge in [0.1, 0.15) is 11.8 Å². The fourth-order valence-electron chi connectivity index (χ4n) is 8.02. The van der Waals surface area contributed by atoms with Crippen molar-refractivity contribution in [3.8, 4) is 5.75 Å². The molecular formula is C42H28Br2N2O9. The minimum absolute atomic E-state index is 0.0376. The molecule has 0 N–H and O–H groups in total. The second-order valence-electron chi connectivity index (χ2n) is 13.5. The van der Waals surface area contributed by atoms with E-state index >= 15 is 0 Å². The Morgan fingerprint density at radius 1 is 0.691 bits per heavy atom. The van der Waals surface area contributed by atoms with Crippen LogP contribution < -0.4 is 4.74 Å². The number of hydrogen-bond donors (Lipinski definition) is 0. The van der Waals surface area contributed by atoms with Crippen molar-refractivity contribution < 1.29 is 38.4 Å². The SMILES string of the molecule is O=C(COC(=O)C(Cc1ccccc1)N1C(=O)C2C(C1=O)C1(Br)c3ccccc3C2(Br)c2ccccc21)c1ccc(OC(=O)c2ccc([N+](=O)[O-])cc2)cc1. The fourth-order valence-corrected chi connectivity index (χ4v) is 10.3. The van der Waals surface area contributed by atoms with Gasteiger partial charge in [0.25, 0.3) is 5.69 Å². The van der Waals surface area contributed by atoms with Crippen molar-refractivity contribution >= 4 is 67.1 Å². The number of likely N-dealkylation sites (tertiary alicyclic amines) is 1. The maximum absolute atomic E-state index is 14.8. The molecule has 4 aliphatic rings. The standard InChI is InChI=1S/C42H28Br2N2O9/c43-41-29-10-4-5-11-30(29)42(44,32-13-7-6-12-31(32)41)36-35(41)37(48)45(38(36)49)33(22-24-8-2-1-3-9-24)40(51)54-23-34(47)25-16-20-28(21-17-25)55-39(50)26-14-18-27(19-15-26)46(52)53/h1-21,33,35-36H,22-23H2. The average molecular weight is 864 g/mol. The Kier molecular flexibility index (Phi) is 9.09. The molecular weight excluding hydrogens is 836 g/mol. The van der Waals surface area contributed by atoms with Crippen molar-refractivity contribution in [1.29, 1.82) is 0 Å². The lowest BCUT2D eigenvalue weighted by Crippen LogP contribution is -2.56. The van der Waals surface area contributed by atoms with Crippen LogP contribution in [0.1, 0.15) is 48.5 Å². The van der Waals surface area contributed by atoms with Crippen LogP contribution in [-0.4, -0.2) is 52.0 Å². The quantitative estimate of drug-likeness (QED) is 0.0274. The van der Waals surface area contributed by atoms with E-state index in [4.69, 9.17) is 9.47 Å². The number of nitro groups is 1. The fraction of sp³-hybridized carbons (Fsp3) is 0.167. The highest BCUT2D eigenvalue weighted by molar-refractivity contribution is 9.10. The number of ether oxygens (including phenoxy) is 2. The van der Waals surface area contributed by atoms with E-state index in [9.17, 15) is 34.1 Å². The maximum atomic E-state index is 14.8. The van der Waals surface area contributed by atoms with E-state index in [1.54, 1.807) is 24.3 Å². The van der Waals surface area contributed by atoms with Crippen LogP contribution in [0.2, 0.25) is 0 Å². The molecule has 2 amide bonds. The molecule has 1 aliphatic heterocycles. The molecule has 1 heterocycles. The highest BCUT2D eigenvalue weighted by atomic mass is 79.9. The molecule has 5 aromatic rings. The molecule has 0 aromatic heterocycles. The van der Waals surface area contributed by atoms with Gasteiger partial charge in [0.15, 0.2) is 12.4 Å². The molecule has 11 nitrogen and oxygen atoms in total. The highest BCUT2D eigenvalue weighted by Gasteiger charge is 2.73. The van der Waals surface area contributed by atoms with Crippen LogP contribution in [0.4, 0.5) is 5.69 Å². The van der Waals surface area contributed by atoms with Gasteiger partial charge in [0.05, 0.1) is 31.0 Å². The zero-order chi connectivity index (χ0) is 38.6. The number of rotatable bonds is 10. The van der Waals surface area contributed by atoms with Crippen molar-refractivity contribution in [2.45, 2.75) is 21.1 Å². The summed E-state index contributed by atoms with van der Waals surface area (Å²) in [5, 5.41) is 10.9. The number of hydrogen-bond acceptors (Lipinski definition) is 9. The summed E-state index contributed by atoms with van der Waals surface area (Å²) in [5.74, 6) is -4.98. The molecule has 274 valence electrons. The summed E-state index contributed by atoms with van der Waals surface area (Å²) in [6, 6.07) is 33.4. The minimum Gasteiger partial charge on any atom is -0.456 e. The van der Waals surface area contributed by atoms with E-state index in [0.717, 1.165) is 27.2 Å². The van der Waals surface area contributed by atoms with Gasteiger partial charge < -0.3 is 9.47 Å². The third-order valence-corrected chi connectivity index (χ3v) is 13.2. The number of amides is 2. The predicted octanol–water partition coefficient (Wildman–Crippen LogP) is 7.06. The first-order chi connectivity index (χ1) is 26.4. The monoisotopic (exact) mass is 862 g/mol. The Hall–Kier alpha value is -5.79. The van der Waals surface area contributed by atoms with E-state index < -0.39 is 67.6 Å². The van der Waals surface area contributed by atoms with Crippen molar-refractivity contribution in [3.63, 3.8) is 0 Å². The third kappa shape index (κ3) is 5.80. The van der Waals surface area contributed by atoms with Crippen LogP contribution in [0.3, 0.4) is 0 Å². The lowest BCUT2D eigenvalue weighted by atomic mass is 9.54. The molecule has 9 rings (SSSR count). The smallest absolute Gasteiger partial charge is 0.343 e. The van der Waals surface area contributed by atoms with Gasteiger partial charge in [-0.15, -0.1) is 0 Å². The van der Waals surface area contributed by atoms with Crippen LogP contribution in [0.15, 0.2) is 127 Å². The molecule has 2 bridgehead atoms. The Bertz CT molecular complexity index is 2300. The largest absolute Gasteiger partial charge is 0.456 e. The van der Waals surface area contributed by atoms with E-state index in [1.807, 2.05) is 54.6 Å². The molecule has 3 aliphatic carbocycles. The van der Waals surface area contributed by atoms with Crippen molar-refractivity contribution in [3.05, 3.63) is 176 Å². The van der Waals surface area contributed by atoms with Gasteiger partial charge in [-0.2, -0.15) is 0 Å². The molecule has 0 radical (unpaired) electrons. The normalized spacial score (nSPS) is 22.3. The van der Waals surface area contributed by atoms with Crippen LogP contribution in [0.5, 0.6) is 5.75 Å². The number of alkyl halides is 2. The maximum Gasteiger partial charge on any atom is 0.343 e. The van der Waals surface area contributed by atoms with Crippen molar-refractivity contribution in [2.24, 2.45) is 11.8 Å². The topological polar surface area (TPSA) is 150 Å². The number of esters is 2. The molecule has 0 saturated carbocycles. The summed E-state index contributed by atoms with van der Waals surface area (Å²) < 4.78 is 8.81. The van der Waals surface area contributed by atoms with Gasteiger partial charge >= 0.3 is 11.9 Å².